The first-order chi connectivity index (χ1) is 24.1. The van der Waals surface area contributed by atoms with E-state index in [1.54, 1.807) is 31.5 Å². The molecule has 0 saturated carbocycles. The third-order valence-corrected chi connectivity index (χ3v) is 12.0. The van der Waals surface area contributed by atoms with Crippen molar-refractivity contribution in [3.05, 3.63) is 94.7 Å². The molecule has 0 radical (unpaired) electrons. The molecule has 7 rings (SSSR count). The maximum absolute atomic E-state index is 15.7. The Hall–Kier alpha value is -4.14. The predicted molar refractivity (Wildman–Crippen MR) is 187 cm³/mol. The van der Waals surface area contributed by atoms with Crippen molar-refractivity contribution in [3.63, 3.8) is 0 Å². The van der Waals surface area contributed by atoms with Gasteiger partial charge in [-0.3, -0.25) is 14.6 Å². The quantitative estimate of drug-likeness (QED) is 0.222. The van der Waals surface area contributed by atoms with Crippen LogP contribution in [0.3, 0.4) is 0 Å². The van der Waals surface area contributed by atoms with Crippen molar-refractivity contribution in [2.45, 2.75) is 35.9 Å². The molecule has 4 aromatic rings. The van der Waals surface area contributed by atoms with Gasteiger partial charge in [0.25, 0.3) is 15.9 Å². The van der Waals surface area contributed by atoms with Crippen molar-refractivity contribution in [3.8, 4) is 17.2 Å². The van der Waals surface area contributed by atoms with E-state index in [0.29, 0.717) is 59.5 Å². The first-order valence-electron chi connectivity index (χ1n) is 16.5. The number of amides is 1. The Balaban J connectivity index is 1.48. The number of oxazole rings is 1. The van der Waals surface area contributed by atoms with Crippen LogP contribution in [0, 0.1) is 0 Å². The number of likely N-dealkylation sites (tertiary alicyclic amines) is 1. The van der Waals surface area contributed by atoms with Gasteiger partial charge in [0.15, 0.2) is 5.54 Å². The van der Waals surface area contributed by atoms with E-state index in [1.807, 2.05) is 23.1 Å². The lowest BCUT2D eigenvalue weighted by molar-refractivity contribution is -0.127. The number of halogens is 1. The molecule has 1 unspecified atom stereocenters. The molecule has 2 fully saturated rings. The summed E-state index contributed by atoms with van der Waals surface area (Å²) in [5, 5.41) is 0.349. The van der Waals surface area contributed by atoms with Crippen LogP contribution < -0.4 is 18.5 Å². The number of likely N-dealkylation sites (N-methyl/N-ethyl adjacent to an activating group) is 1. The smallest absolute Gasteiger partial charge is 0.274 e. The van der Waals surface area contributed by atoms with E-state index in [4.69, 9.17) is 30.2 Å². The predicted octanol–water partition coefficient (Wildman–Crippen LogP) is 4.92. The van der Waals surface area contributed by atoms with E-state index in [1.165, 1.54) is 38.7 Å². The number of nitrogens with zero attached hydrogens (tertiary/aromatic N) is 5. The van der Waals surface area contributed by atoms with Gasteiger partial charge in [-0.25, -0.2) is 17.7 Å². The van der Waals surface area contributed by atoms with Crippen molar-refractivity contribution in [1.82, 2.24) is 19.7 Å². The Morgan fingerprint density at radius 1 is 0.920 bits per heavy atom. The summed E-state index contributed by atoms with van der Waals surface area (Å²) in [7, 11) is 1.94. The molecule has 0 spiro atoms. The molecule has 0 aliphatic carbocycles. The van der Waals surface area contributed by atoms with Gasteiger partial charge >= 0.3 is 0 Å². The van der Waals surface area contributed by atoms with E-state index in [-0.39, 0.29) is 16.3 Å². The summed E-state index contributed by atoms with van der Waals surface area (Å²) >= 11 is 6.73. The number of aromatic nitrogens is 1. The molecule has 3 aromatic carbocycles. The Kier molecular flexibility index (Phi) is 9.29. The zero-order chi connectivity index (χ0) is 35.2. The van der Waals surface area contributed by atoms with Crippen LogP contribution in [0.4, 0.5) is 5.69 Å². The summed E-state index contributed by atoms with van der Waals surface area (Å²) in [5.41, 5.74) is 0.372. The summed E-state index contributed by atoms with van der Waals surface area (Å²) in [6, 6.07) is 14.6. The fourth-order valence-corrected chi connectivity index (χ4v) is 9.36. The molecule has 4 heterocycles. The average molecular weight is 722 g/mol. The first-order valence-corrected chi connectivity index (χ1v) is 18.3. The number of methoxy groups -OCH3 is 3. The largest absolute Gasteiger partial charge is 0.497 e. The van der Waals surface area contributed by atoms with Crippen LogP contribution in [0.5, 0.6) is 17.2 Å². The molecule has 264 valence electrons. The molecule has 12 nitrogen and oxygen atoms in total. The standard InChI is InChI=1S/C36H40ClN5O7S/c1-39-15-17-40(18-16-39)23-24-7-11-31(47-3)28(20-24)36(41-14-5-6-30(41)34-38-13-19-49-34)27-21-25(37)8-10-29(27)42(35(36)43)50(44,45)33-12-9-26(46-2)22-32(33)48-4/h7-13,19-22,30H,5-6,14-18,23H2,1-4H3/t30-,36?/m0/s1. The monoisotopic (exact) mass is 721 g/mol. The molecule has 14 heteroatoms. The van der Waals surface area contributed by atoms with Gasteiger partial charge in [-0.05, 0) is 67.9 Å². The van der Waals surface area contributed by atoms with Crippen LogP contribution in [0.1, 0.15) is 41.5 Å². The number of ether oxygens (including phenoxy) is 3. The van der Waals surface area contributed by atoms with Crippen molar-refractivity contribution in [1.29, 1.82) is 0 Å². The molecule has 0 N–H and O–H groups in total. The fourth-order valence-electron chi connectivity index (χ4n) is 7.59. The van der Waals surface area contributed by atoms with Crippen molar-refractivity contribution < 1.29 is 31.8 Å². The SMILES string of the molecule is COc1ccc(S(=O)(=O)N2C(=O)C(c3cc(CN4CCN(C)CC4)ccc3OC)(N3CCC[C@H]3c3ncco3)c3cc(Cl)ccc32)c(OC)c1. The van der Waals surface area contributed by atoms with E-state index in [0.717, 1.165) is 36.0 Å². The zero-order valence-corrected chi connectivity index (χ0v) is 30.0. The van der Waals surface area contributed by atoms with Crippen LogP contribution in [0.15, 0.2) is 76.4 Å². The number of rotatable bonds is 10. The van der Waals surface area contributed by atoms with Crippen LogP contribution in [0.25, 0.3) is 0 Å². The van der Waals surface area contributed by atoms with Crippen molar-refractivity contribution >= 4 is 33.2 Å². The van der Waals surface area contributed by atoms with Gasteiger partial charge in [0.1, 0.15) is 28.4 Å². The highest BCUT2D eigenvalue weighted by Gasteiger charge is 2.63. The zero-order valence-electron chi connectivity index (χ0n) is 28.5. The number of piperazine rings is 1. The minimum absolute atomic E-state index is 0.0377. The first kappa shape index (κ1) is 34.3. The molecule has 50 heavy (non-hydrogen) atoms. The summed E-state index contributed by atoms with van der Waals surface area (Å²) in [5.74, 6) is 0.620. The lowest BCUT2D eigenvalue weighted by Gasteiger charge is -2.41. The topological polar surface area (TPSA) is 118 Å². The summed E-state index contributed by atoms with van der Waals surface area (Å²) in [6.45, 7) is 4.78. The van der Waals surface area contributed by atoms with Gasteiger partial charge in [-0.1, -0.05) is 17.7 Å². The molecule has 1 aromatic heterocycles. The van der Waals surface area contributed by atoms with Gasteiger partial charge in [0.2, 0.25) is 5.89 Å². The van der Waals surface area contributed by atoms with Crippen molar-refractivity contribution in [2.75, 3.05) is 65.4 Å². The molecule has 0 bridgehead atoms. The van der Waals surface area contributed by atoms with Gasteiger partial charge in [0.05, 0.1) is 39.3 Å². The third-order valence-electron chi connectivity index (χ3n) is 10.0. The van der Waals surface area contributed by atoms with Gasteiger partial charge in [-0.15, -0.1) is 0 Å². The highest BCUT2D eigenvalue weighted by Crippen LogP contribution is 2.57. The summed E-state index contributed by atoms with van der Waals surface area (Å²) in [6.07, 6.45) is 4.42. The van der Waals surface area contributed by atoms with Gasteiger partial charge < -0.3 is 23.5 Å². The lowest BCUT2D eigenvalue weighted by atomic mass is 9.80. The Morgan fingerprint density at radius 2 is 1.70 bits per heavy atom. The maximum Gasteiger partial charge on any atom is 0.274 e. The van der Waals surface area contributed by atoms with Gasteiger partial charge in [0, 0.05) is 61.5 Å². The average Bonchev–Trinajstić information content (AvgIpc) is 3.88. The number of fused-ring (bicyclic) bond motifs is 1. The number of sulfonamides is 1. The minimum Gasteiger partial charge on any atom is -0.497 e. The normalized spacial score (nSPS) is 21.8. The minimum atomic E-state index is -4.58. The Bertz CT molecular complexity index is 2000. The Morgan fingerprint density at radius 3 is 2.40 bits per heavy atom. The Labute approximate surface area is 297 Å². The van der Waals surface area contributed by atoms with E-state index in [2.05, 4.69) is 21.8 Å². The maximum atomic E-state index is 15.7. The number of carbonyl (C=O) groups is 1. The molecule has 1 amide bonds. The number of carbonyl (C=O) groups excluding carboxylic acids is 1. The second kappa shape index (κ2) is 13.5. The molecule has 3 aliphatic rings. The van der Waals surface area contributed by atoms with E-state index in [9.17, 15) is 8.42 Å². The van der Waals surface area contributed by atoms with Crippen LogP contribution >= 0.6 is 11.6 Å². The lowest BCUT2D eigenvalue weighted by Crippen LogP contribution is -2.54. The second-order valence-electron chi connectivity index (χ2n) is 12.8. The molecular formula is C36H40ClN5O7S. The number of hydrogen-bond acceptors (Lipinski definition) is 11. The summed E-state index contributed by atoms with van der Waals surface area (Å²) in [4.78, 5) is 26.7. The summed E-state index contributed by atoms with van der Waals surface area (Å²) < 4.78 is 53.4. The van der Waals surface area contributed by atoms with E-state index < -0.39 is 27.5 Å². The fraction of sp³-hybridized carbons (Fsp3) is 0.389. The van der Waals surface area contributed by atoms with Crippen LogP contribution in [-0.4, -0.2) is 95.1 Å². The molecule has 2 atom stereocenters. The third kappa shape index (κ3) is 5.61. The van der Waals surface area contributed by atoms with Crippen molar-refractivity contribution in [2.24, 2.45) is 0 Å². The highest BCUT2D eigenvalue weighted by molar-refractivity contribution is 7.93. The van der Waals surface area contributed by atoms with Crippen LogP contribution in [0.2, 0.25) is 5.02 Å². The second-order valence-corrected chi connectivity index (χ2v) is 15.0. The number of hydrogen-bond donors (Lipinski definition) is 0. The molecular weight excluding hydrogens is 682 g/mol. The number of anilines is 1. The van der Waals surface area contributed by atoms with E-state index >= 15 is 4.79 Å². The van der Waals surface area contributed by atoms with Crippen LogP contribution in [-0.2, 0) is 26.9 Å². The molecule has 2 saturated heterocycles. The molecule has 3 aliphatic heterocycles. The number of benzene rings is 3. The van der Waals surface area contributed by atoms with Gasteiger partial charge in [-0.2, -0.15) is 0 Å². The highest BCUT2D eigenvalue weighted by atomic mass is 35.5.